The van der Waals surface area contributed by atoms with Crippen LogP contribution in [0.3, 0.4) is 0 Å². The number of carbonyl (C=O) groups is 3. The molecular weight excluding hydrogens is 438 g/mol. The summed E-state index contributed by atoms with van der Waals surface area (Å²) in [4.78, 5) is 42.7. The molecule has 35 heavy (non-hydrogen) atoms. The van der Waals surface area contributed by atoms with Gasteiger partial charge in [0.05, 0.1) is 5.69 Å². The van der Waals surface area contributed by atoms with Crippen LogP contribution in [0.25, 0.3) is 10.8 Å². The van der Waals surface area contributed by atoms with Gasteiger partial charge >= 0.3 is 0 Å². The predicted octanol–water partition coefficient (Wildman–Crippen LogP) is 4.91. The summed E-state index contributed by atoms with van der Waals surface area (Å²) in [6.45, 7) is 6.56. The van der Waals surface area contributed by atoms with Crippen LogP contribution in [0.2, 0.25) is 0 Å². The van der Waals surface area contributed by atoms with Gasteiger partial charge in [-0.25, -0.2) is 0 Å². The first-order valence-corrected chi connectivity index (χ1v) is 12.4. The van der Waals surface area contributed by atoms with Crippen molar-refractivity contribution in [1.29, 1.82) is 0 Å². The average Bonchev–Trinajstić information content (AvgIpc) is 3.15. The van der Waals surface area contributed by atoms with Gasteiger partial charge in [0.1, 0.15) is 6.04 Å². The third kappa shape index (κ3) is 5.21. The normalized spacial score (nSPS) is 14.1. The highest BCUT2D eigenvalue weighted by Crippen LogP contribution is 2.37. The summed E-state index contributed by atoms with van der Waals surface area (Å²) >= 11 is 0. The molecule has 0 radical (unpaired) electrons. The van der Waals surface area contributed by atoms with E-state index in [0.29, 0.717) is 25.1 Å². The van der Waals surface area contributed by atoms with E-state index in [1.807, 2.05) is 80.6 Å². The quantitative estimate of drug-likeness (QED) is 0.457. The first kappa shape index (κ1) is 24.5. The smallest absolute Gasteiger partial charge is 0.258 e. The molecule has 0 unspecified atom stereocenters. The molecule has 3 aromatic rings. The van der Waals surface area contributed by atoms with Crippen LogP contribution in [0.1, 0.15) is 56.0 Å². The lowest BCUT2D eigenvalue weighted by molar-refractivity contribution is -0.140. The van der Waals surface area contributed by atoms with Gasteiger partial charge in [0, 0.05) is 36.5 Å². The Morgan fingerprint density at radius 1 is 0.971 bits per heavy atom. The molecule has 2 atom stereocenters. The van der Waals surface area contributed by atoms with Gasteiger partial charge in [-0.3, -0.25) is 14.4 Å². The van der Waals surface area contributed by atoms with E-state index >= 15 is 0 Å². The second-order valence-electron chi connectivity index (χ2n) is 9.24. The first-order chi connectivity index (χ1) is 16.9. The summed E-state index contributed by atoms with van der Waals surface area (Å²) in [5, 5.41) is 5.02. The summed E-state index contributed by atoms with van der Waals surface area (Å²) in [6.07, 6.45) is 1.59. The van der Waals surface area contributed by atoms with E-state index in [9.17, 15) is 14.4 Å². The summed E-state index contributed by atoms with van der Waals surface area (Å²) in [5.74, 6) is -0.268. The fraction of sp³-hybridized carbons (Fsp3) is 0.345. The standard InChI is InChI=1S/C29H33N3O3/c1-4-20(2)30-28(34)21(3)32(19-22-11-6-5-7-12-22)26(33)17-10-18-31-25-16-9-14-23-13-8-15-24(27(23)25)29(31)35/h5-9,11-16,20-21H,4,10,17-19H2,1-3H3,(H,30,34)/t20-,21+/m0/s1. The molecule has 3 amide bonds. The largest absolute Gasteiger partial charge is 0.352 e. The van der Waals surface area contributed by atoms with Crippen molar-refractivity contribution in [2.45, 2.75) is 58.7 Å². The maximum atomic E-state index is 13.4. The molecule has 6 heteroatoms. The monoisotopic (exact) mass is 471 g/mol. The number of hydrogen-bond acceptors (Lipinski definition) is 3. The Balaban J connectivity index is 1.45. The molecule has 1 heterocycles. The van der Waals surface area contributed by atoms with Crippen molar-refractivity contribution in [2.75, 3.05) is 11.4 Å². The zero-order valence-electron chi connectivity index (χ0n) is 20.7. The highest BCUT2D eigenvalue weighted by Gasteiger charge is 2.30. The fourth-order valence-corrected chi connectivity index (χ4v) is 4.56. The van der Waals surface area contributed by atoms with Crippen LogP contribution in [0.15, 0.2) is 66.7 Å². The van der Waals surface area contributed by atoms with Gasteiger partial charge in [0.2, 0.25) is 11.8 Å². The summed E-state index contributed by atoms with van der Waals surface area (Å²) < 4.78 is 0. The van der Waals surface area contributed by atoms with Crippen molar-refractivity contribution >= 4 is 34.2 Å². The number of nitrogens with zero attached hydrogens (tertiary/aromatic N) is 2. The SMILES string of the molecule is CC[C@H](C)NC(=O)[C@@H](C)N(Cc1ccccc1)C(=O)CCCN1C(=O)c2cccc3cccc1c23. The van der Waals surface area contributed by atoms with E-state index in [2.05, 4.69) is 5.32 Å². The third-order valence-corrected chi connectivity index (χ3v) is 6.79. The van der Waals surface area contributed by atoms with E-state index in [-0.39, 0.29) is 30.2 Å². The second-order valence-corrected chi connectivity index (χ2v) is 9.24. The van der Waals surface area contributed by atoms with Crippen LogP contribution >= 0.6 is 0 Å². The molecule has 0 bridgehead atoms. The zero-order chi connectivity index (χ0) is 24.9. The molecular formula is C29H33N3O3. The number of carbonyl (C=O) groups excluding carboxylic acids is 3. The van der Waals surface area contributed by atoms with Crippen molar-refractivity contribution in [3.8, 4) is 0 Å². The van der Waals surface area contributed by atoms with Gasteiger partial charge in [-0.1, -0.05) is 61.5 Å². The molecule has 3 aromatic carbocycles. The molecule has 182 valence electrons. The number of amides is 3. The number of rotatable bonds is 10. The predicted molar refractivity (Wildman–Crippen MR) is 139 cm³/mol. The summed E-state index contributed by atoms with van der Waals surface area (Å²) in [6, 6.07) is 20.9. The molecule has 1 N–H and O–H groups in total. The molecule has 0 saturated carbocycles. The number of benzene rings is 3. The van der Waals surface area contributed by atoms with E-state index in [4.69, 9.17) is 0 Å². The minimum Gasteiger partial charge on any atom is -0.352 e. The molecule has 6 nitrogen and oxygen atoms in total. The van der Waals surface area contributed by atoms with Crippen molar-refractivity contribution in [2.24, 2.45) is 0 Å². The molecule has 0 spiro atoms. The average molecular weight is 472 g/mol. The Morgan fingerprint density at radius 2 is 1.69 bits per heavy atom. The van der Waals surface area contributed by atoms with E-state index in [1.54, 1.807) is 16.7 Å². The Morgan fingerprint density at radius 3 is 2.40 bits per heavy atom. The van der Waals surface area contributed by atoms with Crippen molar-refractivity contribution in [1.82, 2.24) is 10.2 Å². The maximum absolute atomic E-state index is 13.4. The van der Waals surface area contributed by atoms with Gasteiger partial charge in [0.25, 0.3) is 5.91 Å². The lowest BCUT2D eigenvalue weighted by Crippen LogP contribution is -2.49. The molecule has 0 fully saturated rings. The van der Waals surface area contributed by atoms with Gasteiger partial charge in [0.15, 0.2) is 0 Å². The highest BCUT2D eigenvalue weighted by molar-refractivity contribution is 6.25. The van der Waals surface area contributed by atoms with Crippen molar-refractivity contribution < 1.29 is 14.4 Å². The minimum absolute atomic E-state index is 0.0216. The molecule has 1 aliphatic rings. The molecule has 0 aromatic heterocycles. The lowest BCUT2D eigenvalue weighted by atomic mass is 10.1. The Kier molecular flexibility index (Phi) is 7.49. The van der Waals surface area contributed by atoms with E-state index in [1.165, 1.54) is 0 Å². The maximum Gasteiger partial charge on any atom is 0.258 e. The minimum atomic E-state index is -0.594. The van der Waals surface area contributed by atoms with Crippen molar-refractivity contribution in [3.05, 3.63) is 77.9 Å². The van der Waals surface area contributed by atoms with Gasteiger partial charge < -0.3 is 15.1 Å². The lowest BCUT2D eigenvalue weighted by Gasteiger charge is -2.30. The Bertz CT molecular complexity index is 1220. The topological polar surface area (TPSA) is 69.7 Å². The van der Waals surface area contributed by atoms with Crippen LogP contribution in [0, 0.1) is 0 Å². The summed E-state index contributed by atoms with van der Waals surface area (Å²) in [7, 11) is 0. The van der Waals surface area contributed by atoms with Crippen LogP contribution in [-0.2, 0) is 16.1 Å². The van der Waals surface area contributed by atoms with Gasteiger partial charge in [-0.15, -0.1) is 0 Å². The second kappa shape index (κ2) is 10.7. The molecule has 4 rings (SSSR count). The van der Waals surface area contributed by atoms with Gasteiger partial charge in [-0.2, -0.15) is 0 Å². The fourth-order valence-electron chi connectivity index (χ4n) is 4.56. The highest BCUT2D eigenvalue weighted by atomic mass is 16.2. The number of hydrogen-bond donors (Lipinski definition) is 1. The van der Waals surface area contributed by atoms with Crippen LogP contribution in [0.4, 0.5) is 5.69 Å². The first-order valence-electron chi connectivity index (χ1n) is 12.4. The zero-order valence-corrected chi connectivity index (χ0v) is 20.7. The Hall–Kier alpha value is -3.67. The molecule has 1 aliphatic heterocycles. The third-order valence-electron chi connectivity index (χ3n) is 6.79. The Labute approximate surface area is 206 Å². The van der Waals surface area contributed by atoms with E-state index in [0.717, 1.165) is 28.4 Å². The van der Waals surface area contributed by atoms with Crippen LogP contribution in [-0.4, -0.2) is 41.2 Å². The summed E-state index contributed by atoms with van der Waals surface area (Å²) in [5.41, 5.74) is 2.59. The number of nitrogens with one attached hydrogen (secondary N) is 1. The van der Waals surface area contributed by atoms with Crippen molar-refractivity contribution in [3.63, 3.8) is 0 Å². The molecule has 0 aliphatic carbocycles. The van der Waals surface area contributed by atoms with E-state index < -0.39 is 6.04 Å². The van der Waals surface area contributed by atoms with Crippen LogP contribution < -0.4 is 10.2 Å². The number of anilines is 1. The molecule has 0 saturated heterocycles. The van der Waals surface area contributed by atoms with Crippen LogP contribution in [0.5, 0.6) is 0 Å². The van der Waals surface area contributed by atoms with Gasteiger partial charge in [-0.05, 0) is 49.8 Å².